The van der Waals surface area contributed by atoms with E-state index in [0.29, 0.717) is 10.1 Å². The van der Waals surface area contributed by atoms with E-state index in [-0.39, 0.29) is 5.82 Å². The Labute approximate surface area is 70.9 Å². The van der Waals surface area contributed by atoms with Crippen LogP contribution < -0.4 is 0 Å². The van der Waals surface area contributed by atoms with Crippen molar-refractivity contribution in [2.24, 2.45) is 0 Å². The Balaban J connectivity index is 2.91. The van der Waals surface area contributed by atoms with Crippen molar-refractivity contribution in [2.75, 3.05) is 0 Å². The van der Waals surface area contributed by atoms with Gasteiger partial charge >= 0.3 is 0 Å². The molecule has 0 amide bonds. The van der Waals surface area contributed by atoms with E-state index in [1.807, 2.05) is 0 Å². The van der Waals surface area contributed by atoms with E-state index in [0.717, 1.165) is 5.39 Å². The van der Waals surface area contributed by atoms with E-state index >= 15 is 0 Å². The molecule has 1 nitrogen and oxygen atoms in total. The molecule has 0 aliphatic rings. The summed E-state index contributed by atoms with van der Waals surface area (Å²) in [5.41, 5.74) is 0.631. The fourth-order valence-electron chi connectivity index (χ4n) is 0.947. The summed E-state index contributed by atoms with van der Waals surface area (Å²) in [7, 11) is 0. The summed E-state index contributed by atoms with van der Waals surface area (Å²) in [6.45, 7) is 0. The summed E-state index contributed by atoms with van der Waals surface area (Å²) in [5, 5.41) is 0.719. The molecule has 0 saturated carbocycles. The lowest BCUT2D eigenvalue weighted by atomic mass is 10.2. The molecule has 3 heteroatoms. The lowest BCUT2D eigenvalue weighted by Gasteiger charge is -1.91. The van der Waals surface area contributed by atoms with Crippen molar-refractivity contribution in [3.8, 4) is 0 Å². The van der Waals surface area contributed by atoms with Gasteiger partial charge in [0.15, 0.2) is 6.26 Å². The van der Waals surface area contributed by atoms with Crippen LogP contribution in [0.5, 0.6) is 0 Å². The average Bonchev–Trinajstić information content (AvgIpc) is 2.34. The average molecular weight is 214 g/mol. The zero-order chi connectivity index (χ0) is 7.84. The number of fused-ring (bicyclic) bond motifs is 1. The Kier molecular flexibility index (Phi) is 1.46. The quantitative estimate of drug-likeness (QED) is 0.656. The monoisotopic (exact) mass is 213 g/mol. The molecule has 55 valence electrons. The number of halogens is 2. The van der Waals surface area contributed by atoms with E-state index in [2.05, 4.69) is 22.2 Å². The van der Waals surface area contributed by atoms with Crippen LogP contribution in [0.2, 0.25) is 0 Å². The standard InChI is InChI=1S/C8H3BrFO/c9-7-4-6(10)3-5-1-2-11-8(5)7/h1,3-4H. The summed E-state index contributed by atoms with van der Waals surface area (Å²) in [4.78, 5) is 0. The van der Waals surface area contributed by atoms with Crippen LogP contribution in [0.25, 0.3) is 11.0 Å². The number of hydrogen-bond donors (Lipinski definition) is 0. The Morgan fingerprint density at radius 3 is 3.09 bits per heavy atom. The van der Waals surface area contributed by atoms with E-state index in [1.54, 1.807) is 6.07 Å². The molecular formula is C8H3BrFO. The summed E-state index contributed by atoms with van der Waals surface area (Å²) in [6.07, 6.45) is 2.53. The third kappa shape index (κ3) is 1.05. The molecule has 0 saturated heterocycles. The molecule has 1 heterocycles. The maximum absolute atomic E-state index is 12.7. The van der Waals surface area contributed by atoms with Gasteiger partial charge in [-0.05, 0) is 34.1 Å². The molecule has 1 radical (unpaired) electrons. The van der Waals surface area contributed by atoms with Gasteiger partial charge in [0.1, 0.15) is 11.4 Å². The topological polar surface area (TPSA) is 13.1 Å². The summed E-state index contributed by atoms with van der Waals surface area (Å²) < 4.78 is 18.3. The molecule has 0 aliphatic heterocycles. The normalized spacial score (nSPS) is 10.7. The fourth-order valence-corrected chi connectivity index (χ4v) is 1.48. The van der Waals surface area contributed by atoms with Crippen molar-refractivity contribution >= 4 is 26.9 Å². The zero-order valence-corrected chi connectivity index (χ0v) is 6.98. The van der Waals surface area contributed by atoms with E-state index in [4.69, 9.17) is 4.42 Å². The van der Waals surface area contributed by atoms with Crippen molar-refractivity contribution in [1.29, 1.82) is 0 Å². The van der Waals surface area contributed by atoms with Gasteiger partial charge in [0.25, 0.3) is 0 Å². The van der Waals surface area contributed by atoms with Gasteiger partial charge in [-0.2, -0.15) is 0 Å². The fraction of sp³-hybridized carbons (Fsp3) is 0. The van der Waals surface area contributed by atoms with Crippen LogP contribution in [0.4, 0.5) is 4.39 Å². The highest BCUT2D eigenvalue weighted by molar-refractivity contribution is 9.10. The molecule has 0 fully saturated rings. The molecule has 0 bridgehead atoms. The van der Waals surface area contributed by atoms with Crippen LogP contribution in [0, 0.1) is 12.1 Å². The zero-order valence-electron chi connectivity index (χ0n) is 5.40. The third-order valence-electron chi connectivity index (χ3n) is 1.41. The molecule has 1 aromatic carbocycles. The molecular weight excluding hydrogens is 211 g/mol. The van der Waals surface area contributed by atoms with Gasteiger partial charge in [-0.25, -0.2) is 4.39 Å². The van der Waals surface area contributed by atoms with Crippen LogP contribution in [0.3, 0.4) is 0 Å². The molecule has 0 aliphatic carbocycles. The minimum absolute atomic E-state index is 0.279. The highest BCUT2D eigenvalue weighted by atomic mass is 79.9. The number of furan rings is 1. The van der Waals surface area contributed by atoms with Gasteiger partial charge in [-0.15, -0.1) is 0 Å². The Hall–Kier alpha value is -0.830. The smallest absolute Gasteiger partial charge is 0.170 e. The summed E-state index contributed by atoms with van der Waals surface area (Å²) in [6, 6.07) is 4.36. The predicted octanol–water partition coefficient (Wildman–Crippen LogP) is 3.13. The molecule has 11 heavy (non-hydrogen) atoms. The third-order valence-corrected chi connectivity index (χ3v) is 2.00. The highest BCUT2D eigenvalue weighted by Gasteiger charge is 2.03. The van der Waals surface area contributed by atoms with E-state index in [9.17, 15) is 4.39 Å². The van der Waals surface area contributed by atoms with Crippen LogP contribution in [-0.2, 0) is 0 Å². The highest BCUT2D eigenvalue weighted by Crippen LogP contribution is 2.25. The molecule has 0 atom stereocenters. The number of hydrogen-bond acceptors (Lipinski definition) is 1. The van der Waals surface area contributed by atoms with Crippen LogP contribution in [-0.4, -0.2) is 0 Å². The lowest BCUT2D eigenvalue weighted by Crippen LogP contribution is -1.73. The van der Waals surface area contributed by atoms with Crippen molar-refractivity contribution in [2.45, 2.75) is 0 Å². The number of benzene rings is 1. The summed E-state index contributed by atoms with van der Waals surface area (Å²) in [5.74, 6) is -0.279. The molecule has 0 N–H and O–H groups in total. The van der Waals surface area contributed by atoms with E-state index in [1.165, 1.54) is 12.1 Å². The molecule has 2 aromatic rings. The minimum Gasteiger partial charge on any atom is -0.452 e. The van der Waals surface area contributed by atoms with Gasteiger partial charge in [-0.1, -0.05) is 0 Å². The van der Waals surface area contributed by atoms with Crippen LogP contribution >= 0.6 is 15.9 Å². The van der Waals surface area contributed by atoms with Gasteiger partial charge in [-0.3, -0.25) is 0 Å². The Morgan fingerprint density at radius 2 is 2.27 bits per heavy atom. The van der Waals surface area contributed by atoms with Crippen molar-refractivity contribution in [3.63, 3.8) is 0 Å². The maximum atomic E-state index is 12.7. The first-order chi connectivity index (χ1) is 5.27. The summed E-state index contributed by atoms with van der Waals surface area (Å²) >= 11 is 3.17. The van der Waals surface area contributed by atoms with Crippen molar-refractivity contribution in [1.82, 2.24) is 0 Å². The van der Waals surface area contributed by atoms with E-state index < -0.39 is 0 Å². The van der Waals surface area contributed by atoms with Crippen LogP contribution in [0.15, 0.2) is 27.1 Å². The predicted molar refractivity (Wildman–Crippen MR) is 42.7 cm³/mol. The second-order valence-corrected chi connectivity index (χ2v) is 3.02. The second kappa shape index (κ2) is 2.34. The Morgan fingerprint density at radius 1 is 1.45 bits per heavy atom. The number of rotatable bonds is 0. The molecule has 0 spiro atoms. The minimum atomic E-state index is -0.279. The van der Waals surface area contributed by atoms with Crippen LogP contribution in [0.1, 0.15) is 0 Å². The molecule has 2 rings (SSSR count). The first-order valence-electron chi connectivity index (χ1n) is 3.02. The van der Waals surface area contributed by atoms with Gasteiger partial charge in [0, 0.05) is 5.39 Å². The molecule has 0 unspecified atom stereocenters. The SMILES string of the molecule is Fc1cc(Br)c2o[c]cc2c1. The first kappa shape index (κ1) is 6.85. The van der Waals surface area contributed by atoms with Gasteiger partial charge < -0.3 is 4.42 Å². The van der Waals surface area contributed by atoms with Crippen molar-refractivity contribution in [3.05, 3.63) is 34.8 Å². The lowest BCUT2D eigenvalue weighted by molar-refractivity contribution is 0.599. The second-order valence-electron chi connectivity index (χ2n) is 2.17. The maximum Gasteiger partial charge on any atom is 0.170 e. The van der Waals surface area contributed by atoms with Crippen molar-refractivity contribution < 1.29 is 8.81 Å². The van der Waals surface area contributed by atoms with Gasteiger partial charge in [0.2, 0.25) is 0 Å². The molecule has 1 aromatic heterocycles. The largest absolute Gasteiger partial charge is 0.452 e. The first-order valence-corrected chi connectivity index (χ1v) is 3.81. The van der Waals surface area contributed by atoms with Gasteiger partial charge in [0.05, 0.1) is 4.47 Å². The Bertz CT molecular complexity index is 394.